The first-order valence-electron chi connectivity index (χ1n) is 10.9. The molecule has 1 aliphatic rings. The van der Waals surface area contributed by atoms with Crippen LogP contribution in [0.2, 0.25) is 0 Å². The van der Waals surface area contributed by atoms with Crippen molar-refractivity contribution in [1.29, 1.82) is 0 Å². The van der Waals surface area contributed by atoms with E-state index in [0.717, 1.165) is 11.1 Å². The maximum Gasteiger partial charge on any atom is 0.416 e. The quantitative estimate of drug-likeness (QED) is 0.575. The summed E-state index contributed by atoms with van der Waals surface area (Å²) in [5.41, 5.74) is 5.13. The van der Waals surface area contributed by atoms with Gasteiger partial charge in [-0.3, -0.25) is 9.63 Å². The van der Waals surface area contributed by atoms with Gasteiger partial charge in [0.15, 0.2) is 0 Å². The molecule has 6 heteroatoms. The van der Waals surface area contributed by atoms with Gasteiger partial charge in [-0.15, -0.1) is 0 Å². The second kappa shape index (κ2) is 11.1. The first kappa shape index (κ1) is 23.0. The number of hydrogen-bond donors (Lipinski definition) is 1. The van der Waals surface area contributed by atoms with Crippen LogP contribution in [0, 0.1) is 11.8 Å². The van der Waals surface area contributed by atoms with E-state index < -0.39 is 12.0 Å². The lowest BCUT2D eigenvalue weighted by Crippen LogP contribution is -2.49. The normalized spacial score (nSPS) is 18.1. The lowest BCUT2D eigenvalue weighted by molar-refractivity contribution is -0.137. The van der Waals surface area contributed by atoms with Gasteiger partial charge < -0.3 is 4.74 Å². The zero-order chi connectivity index (χ0) is 22.2. The van der Waals surface area contributed by atoms with E-state index in [1.54, 1.807) is 0 Å². The highest BCUT2D eigenvalue weighted by Crippen LogP contribution is 2.25. The number of nitrogens with zero attached hydrogens (tertiary/aromatic N) is 1. The highest BCUT2D eigenvalue weighted by Gasteiger charge is 2.42. The third kappa shape index (κ3) is 6.39. The number of ether oxygens (including phenoxy) is 1. The summed E-state index contributed by atoms with van der Waals surface area (Å²) >= 11 is 0. The molecule has 3 rings (SSSR count). The number of nitrogens with one attached hydrogen (secondary N) is 1. The summed E-state index contributed by atoms with van der Waals surface area (Å²) in [5, 5.41) is 0. The first-order valence-corrected chi connectivity index (χ1v) is 10.9. The Balaban J connectivity index is 1.67. The Morgan fingerprint density at radius 1 is 1.06 bits per heavy atom. The monoisotopic (exact) mass is 424 g/mol. The Morgan fingerprint density at radius 3 is 2.29 bits per heavy atom. The highest BCUT2D eigenvalue weighted by atomic mass is 16.6. The first-order chi connectivity index (χ1) is 15.0. The molecule has 0 bridgehead atoms. The van der Waals surface area contributed by atoms with Gasteiger partial charge in [-0.25, -0.2) is 9.69 Å². The van der Waals surface area contributed by atoms with Gasteiger partial charge in [0.25, 0.3) is 0 Å². The Hall–Kier alpha value is -2.70. The van der Waals surface area contributed by atoms with E-state index in [-0.39, 0.29) is 24.6 Å². The lowest BCUT2D eigenvalue weighted by atomic mass is 9.89. The molecule has 2 aromatic rings. The van der Waals surface area contributed by atoms with Crippen LogP contribution in [0.1, 0.15) is 38.3 Å². The van der Waals surface area contributed by atoms with Crippen LogP contribution in [0.25, 0.3) is 0 Å². The lowest BCUT2D eigenvalue weighted by Gasteiger charge is -2.30. The standard InChI is InChI=1S/C25H32N2O4/c1-18(2)14-23(19(3)26-31-16-21-12-8-5-9-13-21)24(28)27-22(17-30-25(27)29)15-20-10-6-4-7-11-20/h4-13,18-19,22-23,26H,14-17H2,1-3H3/t19-,22+,23-/m1/s1. The van der Waals surface area contributed by atoms with Gasteiger partial charge in [-0.2, -0.15) is 5.48 Å². The maximum atomic E-state index is 13.5. The second-order valence-electron chi connectivity index (χ2n) is 8.55. The average molecular weight is 425 g/mol. The molecule has 1 saturated heterocycles. The van der Waals surface area contributed by atoms with Crippen molar-refractivity contribution >= 4 is 12.0 Å². The van der Waals surface area contributed by atoms with Crippen LogP contribution >= 0.6 is 0 Å². The Morgan fingerprint density at radius 2 is 1.68 bits per heavy atom. The van der Waals surface area contributed by atoms with Gasteiger partial charge in [0.1, 0.15) is 6.61 Å². The predicted molar refractivity (Wildman–Crippen MR) is 119 cm³/mol. The number of rotatable bonds is 10. The SMILES string of the molecule is CC(C)C[C@@H](C(=O)N1C(=O)OC[C@@H]1Cc1ccccc1)[C@@H](C)NOCc1ccccc1. The highest BCUT2D eigenvalue weighted by molar-refractivity contribution is 5.95. The fraction of sp³-hybridized carbons (Fsp3) is 0.440. The molecule has 0 spiro atoms. The minimum Gasteiger partial charge on any atom is -0.447 e. The molecular formula is C25H32N2O4. The van der Waals surface area contributed by atoms with E-state index in [1.165, 1.54) is 4.90 Å². The molecule has 1 fully saturated rings. The van der Waals surface area contributed by atoms with Crippen molar-refractivity contribution in [3.05, 3.63) is 71.8 Å². The summed E-state index contributed by atoms with van der Waals surface area (Å²) in [6.07, 6.45) is 0.667. The number of hydroxylamine groups is 1. The van der Waals surface area contributed by atoms with Crippen molar-refractivity contribution in [2.75, 3.05) is 6.61 Å². The molecule has 0 aromatic heterocycles. The van der Waals surface area contributed by atoms with Crippen LogP contribution in [0.15, 0.2) is 60.7 Å². The molecule has 0 unspecified atom stereocenters. The minimum absolute atomic E-state index is 0.208. The summed E-state index contributed by atoms with van der Waals surface area (Å²) in [5.74, 6) is -0.321. The summed E-state index contributed by atoms with van der Waals surface area (Å²) in [4.78, 5) is 32.9. The third-order valence-electron chi connectivity index (χ3n) is 5.51. The van der Waals surface area contributed by atoms with E-state index in [9.17, 15) is 9.59 Å². The Labute approximate surface area is 184 Å². The third-order valence-corrected chi connectivity index (χ3v) is 5.51. The molecule has 0 radical (unpaired) electrons. The smallest absolute Gasteiger partial charge is 0.416 e. The van der Waals surface area contributed by atoms with Crippen LogP contribution in [0.3, 0.4) is 0 Å². The van der Waals surface area contributed by atoms with Gasteiger partial charge in [-0.05, 0) is 36.8 Å². The summed E-state index contributed by atoms with van der Waals surface area (Å²) in [6, 6.07) is 19.1. The molecule has 0 aliphatic carbocycles. The van der Waals surface area contributed by atoms with Gasteiger partial charge >= 0.3 is 6.09 Å². The van der Waals surface area contributed by atoms with Gasteiger partial charge in [0.2, 0.25) is 5.91 Å². The van der Waals surface area contributed by atoms with Crippen LogP contribution in [-0.4, -0.2) is 35.6 Å². The van der Waals surface area contributed by atoms with Crippen molar-refractivity contribution in [2.24, 2.45) is 11.8 Å². The van der Waals surface area contributed by atoms with Crippen molar-refractivity contribution in [1.82, 2.24) is 10.4 Å². The average Bonchev–Trinajstić information content (AvgIpc) is 3.12. The van der Waals surface area contributed by atoms with Crippen LogP contribution < -0.4 is 5.48 Å². The molecule has 3 atom stereocenters. The van der Waals surface area contributed by atoms with Crippen LogP contribution in [0.5, 0.6) is 0 Å². The summed E-state index contributed by atoms with van der Waals surface area (Å²) in [6.45, 7) is 6.68. The van der Waals surface area contributed by atoms with Crippen molar-refractivity contribution in [3.8, 4) is 0 Å². The van der Waals surface area contributed by atoms with E-state index in [4.69, 9.17) is 9.57 Å². The van der Waals surface area contributed by atoms with E-state index in [0.29, 0.717) is 25.4 Å². The van der Waals surface area contributed by atoms with Crippen molar-refractivity contribution in [3.63, 3.8) is 0 Å². The number of carbonyl (C=O) groups is 2. The molecule has 31 heavy (non-hydrogen) atoms. The maximum absolute atomic E-state index is 13.5. The Bertz CT molecular complexity index is 841. The molecule has 0 saturated carbocycles. The molecule has 1 N–H and O–H groups in total. The van der Waals surface area contributed by atoms with E-state index in [1.807, 2.05) is 67.6 Å². The number of hydrogen-bond acceptors (Lipinski definition) is 5. The van der Waals surface area contributed by atoms with E-state index >= 15 is 0 Å². The number of amides is 2. The Kier molecular flexibility index (Phi) is 8.20. The zero-order valence-electron chi connectivity index (χ0n) is 18.5. The predicted octanol–water partition coefficient (Wildman–Crippen LogP) is 4.35. The van der Waals surface area contributed by atoms with Gasteiger partial charge in [0, 0.05) is 6.04 Å². The summed E-state index contributed by atoms with van der Waals surface area (Å²) in [7, 11) is 0. The molecule has 6 nitrogen and oxygen atoms in total. The molecule has 1 aliphatic heterocycles. The fourth-order valence-corrected chi connectivity index (χ4v) is 3.89. The molecule has 166 valence electrons. The van der Waals surface area contributed by atoms with Crippen molar-refractivity contribution in [2.45, 2.75) is 52.3 Å². The van der Waals surface area contributed by atoms with E-state index in [2.05, 4.69) is 19.3 Å². The van der Waals surface area contributed by atoms with Crippen LogP contribution in [0.4, 0.5) is 4.79 Å². The molecular weight excluding hydrogens is 392 g/mol. The number of carbonyl (C=O) groups excluding carboxylic acids is 2. The zero-order valence-corrected chi connectivity index (χ0v) is 18.5. The molecule has 2 amide bonds. The van der Waals surface area contributed by atoms with Crippen molar-refractivity contribution < 1.29 is 19.2 Å². The summed E-state index contributed by atoms with van der Waals surface area (Å²) < 4.78 is 5.26. The number of cyclic esters (lactones) is 1. The second-order valence-corrected chi connectivity index (χ2v) is 8.55. The minimum atomic E-state index is -0.558. The molecule has 2 aromatic carbocycles. The molecule has 1 heterocycles. The number of imide groups is 1. The largest absolute Gasteiger partial charge is 0.447 e. The topological polar surface area (TPSA) is 67.9 Å². The fourth-order valence-electron chi connectivity index (χ4n) is 3.89. The van der Waals surface area contributed by atoms with Gasteiger partial charge in [-0.1, -0.05) is 74.5 Å². The number of benzene rings is 2. The van der Waals surface area contributed by atoms with Gasteiger partial charge in [0.05, 0.1) is 18.6 Å². The van der Waals surface area contributed by atoms with Crippen LogP contribution in [-0.2, 0) is 27.4 Å².